The summed E-state index contributed by atoms with van der Waals surface area (Å²) in [6.45, 7) is 1.16. The van der Waals surface area contributed by atoms with Gasteiger partial charge < -0.3 is 14.8 Å². The number of benzene rings is 2. The van der Waals surface area contributed by atoms with Crippen molar-refractivity contribution in [2.24, 2.45) is 0 Å². The van der Waals surface area contributed by atoms with E-state index >= 15 is 0 Å². The van der Waals surface area contributed by atoms with Gasteiger partial charge in [0, 0.05) is 19.3 Å². The maximum Gasteiger partial charge on any atom is 0.231 e. The molecule has 1 amide bonds. The Bertz CT molecular complexity index is 868. The molecule has 1 aliphatic heterocycles. The van der Waals surface area contributed by atoms with Crippen molar-refractivity contribution in [3.05, 3.63) is 65.7 Å². The topological polar surface area (TPSA) is 47.6 Å². The van der Waals surface area contributed by atoms with E-state index in [1.54, 1.807) is 0 Å². The molecule has 2 aromatic rings. The normalized spacial score (nSPS) is 15.2. The van der Waals surface area contributed by atoms with Gasteiger partial charge >= 0.3 is 0 Å². The molecular weight excluding hydrogens is 364 g/mol. The van der Waals surface area contributed by atoms with Crippen LogP contribution >= 0.6 is 0 Å². The van der Waals surface area contributed by atoms with Crippen LogP contribution in [0.15, 0.2) is 48.5 Å². The smallest absolute Gasteiger partial charge is 0.231 e. The first-order chi connectivity index (χ1) is 13.6. The summed E-state index contributed by atoms with van der Waals surface area (Å²) in [5.41, 5.74) is 0.355. The van der Waals surface area contributed by atoms with E-state index in [0.717, 1.165) is 17.7 Å². The van der Waals surface area contributed by atoms with Crippen molar-refractivity contribution in [1.82, 2.24) is 5.32 Å². The van der Waals surface area contributed by atoms with Crippen molar-refractivity contribution in [2.45, 2.75) is 18.3 Å². The monoisotopic (exact) mass is 385 g/mol. The maximum absolute atomic E-state index is 13.5. The Morgan fingerprint density at radius 3 is 2.57 bits per heavy atom. The number of rotatable bonds is 5. The van der Waals surface area contributed by atoms with Crippen LogP contribution in [0.3, 0.4) is 0 Å². The molecule has 0 spiro atoms. The first kappa shape index (κ1) is 19.8. The molecule has 1 N–H and O–H groups in total. The molecule has 28 heavy (non-hydrogen) atoms. The van der Waals surface area contributed by atoms with Crippen LogP contribution in [0.1, 0.15) is 18.4 Å². The number of carbonyl (C=O) groups excluding carboxylic acids is 1. The van der Waals surface area contributed by atoms with Crippen molar-refractivity contribution >= 4 is 5.91 Å². The summed E-state index contributed by atoms with van der Waals surface area (Å²) < 4.78 is 36.9. The van der Waals surface area contributed by atoms with Gasteiger partial charge in [0.05, 0.1) is 12.0 Å². The van der Waals surface area contributed by atoms with Gasteiger partial charge in [-0.1, -0.05) is 42.2 Å². The summed E-state index contributed by atoms with van der Waals surface area (Å²) >= 11 is 0. The summed E-state index contributed by atoms with van der Waals surface area (Å²) in [6, 6.07) is 12.8. The zero-order chi connectivity index (χ0) is 19.8. The molecule has 1 aliphatic rings. The van der Waals surface area contributed by atoms with Crippen LogP contribution in [0.2, 0.25) is 0 Å². The Morgan fingerprint density at radius 1 is 1.11 bits per heavy atom. The van der Waals surface area contributed by atoms with Crippen LogP contribution in [-0.2, 0) is 14.9 Å². The zero-order valence-corrected chi connectivity index (χ0v) is 15.3. The molecule has 0 saturated carbocycles. The zero-order valence-electron chi connectivity index (χ0n) is 15.3. The number of hydrogen-bond acceptors (Lipinski definition) is 3. The Kier molecular flexibility index (Phi) is 6.62. The Labute approximate surface area is 162 Å². The van der Waals surface area contributed by atoms with E-state index in [9.17, 15) is 13.6 Å². The number of nitrogens with one attached hydrogen (secondary N) is 1. The molecule has 0 unspecified atom stereocenters. The van der Waals surface area contributed by atoms with Crippen LogP contribution in [0.25, 0.3) is 0 Å². The number of amides is 1. The lowest BCUT2D eigenvalue weighted by atomic mass is 9.73. The second-order valence-corrected chi connectivity index (χ2v) is 6.46. The van der Waals surface area contributed by atoms with Gasteiger partial charge in [-0.15, -0.1) is 0 Å². The summed E-state index contributed by atoms with van der Waals surface area (Å²) in [7, 11) is 0. The van der Waals surface area contributed by atoms with Gasteiger partial charge in [-0.2, -0.15) is 0 Å². The predicted octanol–water partition coefficient (Wildman–Crippen LogP) is 3.21. The van der Waals surface area contributed by atoms with Crippen molar-refractivity contribution in [3.8, 4) is 17.6 Å². The number of carbonyl (C=O) groups is 1. The van der Waals surface area contributed by atoms with Gasteiger partial charge in [-0.25, -0.2) is 8.78 Å². The van der Waals surface area contributed by atoms with Gasteiger partial charge in [0.15, 0.2) is 11.6 Å². The maximum atomic E-state index is 13.5. The number of hydrogen-bond donors (Lipinski definition) is 1. The molecule has 146 valence electrons. The van der Waals surface area contributed by atoms with Gasteiger partial charge in [0.25, 0.3) is 0 Å². The fraction of sp³-hybridized carbons (Fsp3) is 0.318. The van der Waals surface area contributed by atoms with Crippen molar-refractivity contribution in [1.29, 1.82) is 0 Å². The van der Waals surface area contributed by atoms with E-state index in [2.05, 4.69) is 17.2 Å². The highest BCUT2D eigenvalue weighted by Crippen LogP contribution is 2.35. The fourth-order valence-electron chi connectivity index (χ4n) is 3.24. The predicted molar refractivity (Wildman–Crippen MR) is 101 cm³/mol. The largest absolute Gasteiger partial charge is 0.478 e. The molecule has 4 nitrogen and oxygen atoms in total. The second-order valence-electron chi connectivity index (χ2n) is 6.46. The molecule has 0 atom stereocenters. The summed E-state index contributed by atoms with van der Waals surface area (Å²) in [5, 5.41) is 2.86. The van der Waals surface area contributed by atoms with E-state index in [1.807, 2.05) is 30.3 Å². The molecule has 1 heterocycles. The molecule has 0 aromatic heterocycles. The molecule has 0 radical (unpaired) electrons. The standard InChI is InChI=1S/C22H21F2NO3/c23-18-8-9-20(19(24)16-18)28-13-5-4-12-25-21(26)22(10-14-27-15-11-22)17-6-2-1-3-7-17/h1-3,6-9,16H,10-15H2,(H,25,26). The highest BCUT2D eigenvalue weighted by atomic mass is 19.1. The first-order valence-electron chi connectivity index (χ1n) is 9.07. The lowest BCUT2D eigenvalue weighted by molar-refractivity contribution is -0.130. The summed E-state index contributed by atoms with van der Waals surface area (Å²) in [4.78, 5) is 12.9. The molecular formula is C22H21F2NO3. The minimum absolute atomic E-state index is 0.0594. The Hall–Kier alpha value is -2.91. The van der Waals surface area contributed by atoms with E-state index in [-0.39, 0.29) is 24.8 Å². The van der Waals surface area contributed by atoms with Gasteiger partial charge in [-0.05, 0) is 30.5 Å². The molecule has 1 saturated heterocycles. The molecule has 0 bridgehead atoms. The average Bonchev–Trinajstić information content (AvgIpc) is 2.73. The van der Waals surface area contributed by atoms with Crippen molar-refractivity contribution < 1.29 is 23.0 Å². The van der Waals surface area contributed by atoms with E-state index < -0.39 is 17.0 Å². The van der Waals surface area contributed by atoms with Crippen molar-refractivity contribution in [2.75, 3.05) is 26.4 Å². The van der Waals surface area contributed by atoms with E-state index in [4.69, 9.17) is 9.47 Å². The van der Waals surface area contributed by atoms with Crippen LogP contribution in [0.4, 0.5) is 8.78 Å². The molecule has 3 rings (SSSR count). The van der Waals surface area contributed by atoms with Crippen molar-refractivity contribution in [3.63, 3.8) is 0 Å². The Balaban J connectivity index is 1.55. The van der Waals surface area contributed by atoms with Crippen LogP contribution in [-0.4, -0.2) is 32.3 Å². The summed E-state index contributed by atoms with van der Waals surface area (Å²) in [5.74, 6) is 3.91. The number of ether oxygens (including phenoxy) is 2. The van der Waals surface area contributed by atoms with Gasteiger partial charge in [0.1, 0.15) is 12.4 Å². The van der Waals surface area contributed by atoms with Crippen LogP contribution in [0.5, 0.6) is 5.75 Å². The average molecular weight is 385 g/mol. The summed E-state index contributed by atoms with van der Waals surface area (Å²) in [6.07, 6.45) is 1.23. The van der Waals surface area contributed by atoms with Crippen LogP contribution < -0.4 is 10.1 Å². The van der Waals surface area contributed by atoms with Gasteiger partial charge in [-0.3, -0.25) is 4.79 Å². The Morgan fingerprint density at radius 2 is 1.86 bits per heavy atom. The van der Waals surface area contributed by atoms with E-state index in [1.165, 1.54) is 6.07 Å². The molecule has 2 aromatic carbocycles. The highest BCUT2D eigenvalue weighted by Gasteiger charge is 2.41. The fourth-order valence-corrected chi connectivity index (χ4v) is 3.24. The lowest BCUT2D eigenvalue weighted by Gasteiger charge is -2.36. The third kappa shape index (κ3) is 4.68. The molecule has 1 fully saturated rings. The SMILES string of the molecule is O=C(NCC#CCOc1ccc(F)cc1F)C1(c2ccccc2)CCOCC1. The van der Waals surface area contributed by atoms with Crippen LogP contribution in [0, 0.1) is 23.5 Å². The third-order valence-corrected chi connectivity index (χ3v) is 4.76. The minimum atomic E-state index is -0.778. The first-order valence-corrected chi connectivity index (χ1v) is 9.07. The third-order valence-electron chi connectivity index (χ3n) is 4.76. The number of halogens is 2. The lowest BCUT2D eigenvalue weighted by Crippen LogP contribution is -2.48. The minimum Gasteiger partial charge on any atom is -0.478 e. The van der Waals surface area contributed by atoms with Gasteiger partial charge in [0.2, 0.25) is 5.91 Å². The van der Waals surface area contributed by atoms with E-state index in [0.29, 0.717) is 26.1 Å². The second kappa shape index (κ2) is 9.34. The quantitative estimate of drug-likeness (QED) is 0.804. The molecule has 6 heteroatoms. The molecule has 0 aliphatic carbocycles. The highest BCUT2D eigenvalue weighted by molar-refractivity contribution is 5.88.